The van der Waals surface area contributed by atoms with Crippen LogP contribution in [0.15, 0.2) is 47.5 Å². The number of methoxy groups -OCH3 is 2. The van der Waals surface area contributed by atoms with E-state index < -0.39 is 15.9 Å². The maximum atomic E-state index is 12.5. The molecule has 2 aromatic rings. The van der Waals surface area contributed by atoms with Crippen molar-refractivity contribution in [1.29, 1.82) is 0 Å². The Bertz CT molecular complexity index is 1170. The molecule has 11 heteroatoms. The predicted molar refractivity (Wildman–Crippen MR) is 128 cm³/mol. The summed E-state index contributed by atoms with van der Waals surface area (Å²) in [6, 6.07) is 11.5. The molecule has 170 valence electrons. The van der Waals surface area contributed by atoms with E-state index in [9.17, 15) is 13.2 Å². The number of anilines is 2. The number of carbonyl (C=O) groups is 1. The van der Waals surface area contributed by atoms with Crippen molar-refractivity contribution in [2.75, 3.05) is 41.7 Å². The predicted octanol–water partition coefficient (Wildman–Crippen LogP) is 3.07. The molecule has 0 radical (unpaired) electrons. The summed E-state index contributed by atoms with van der Waals surface area (Å²) in [6.45, 7) is 0. The number of nitrogens with zero attached hydrogens (tertiary/aromatic N) is 2. The monoisotopic (exact) mass is 495 g/mol. The van der Waals surface area contributed by atoms with E-state index >= 15 is 0 Å². The standard InChI is InChI=1S/C21H22ClN3O5S2/c1-29-15-6-7-19(30-2)17(9-15)25-18-12-32(27,28)11-16(18)24-21(25)31-10-20(26)23-14-5-3-4-13(22)8-14/h3-9,16,18H,10-12H2,1-2H3,(H,23,26). The molecule has 0 aromatic heterocycles. The number of benzene rings is 2. The quantitative estimate of drug-likeness (QED) is 0.657. The minimum atomic E-state index is -3.20. The SMILES string of the molecule is COc1ccc(OC)c(N2C(SCC(=O)Nc3cccc(Cl)c3)=NC3CS(=O)(=O)CC32)c1. The molecular formula is C21H22ClN3O5S2. The number of amidine groups is 1. The third-order valence-electron chi connectivity index (χ3n) is 5.19. The van der Waals surface area contributed by atoms with Crippen LogP contribution < -0.4 is 19.7 Å². The smallest absolute Gasteiger partial charge is 0.234 e. The number of aliphatic imine (C=N–C) groups is 1. The first-order valence-electron chi connectivity index (χ1n) is 9.77. The molecule has 1 N–H and O–H groups in total. The summed E-state index contributed by atoms with van der Waals surface area (Å²) in [5.74, 6) is 1.02. The van der Waals surface area contributed by atoms with Gasteiger partial charge in [-0.15, -0.1) is 0 Å². The van der Waals surface area contributed by atoms with Gasteiger partial charge in [0.15, 0.2) is 15.0 Å². The summed E-state index contributed by atoms with van der Waals surface area (Å²) < 4.78 is 35.4. The van der Waals surface area contributed by atoms with E-state index in [0.29, 0.717) is 33.1 Å². The highest BCUT2D eigenvalue weighted by atomic mass is 35.5. The lowest BCUT2D eigenvalue weighted by molar-refractivity contribution is -0.113. The summed E-state index contributed by atoms with van der Waals surface area (Å²) in [5, 5.41) is 3.91. The molecule has 2 aromatic carbocycles. The molecule has 2 heterocycles. The van der Waals surface area contributed by atoms with E-state index in [-0.39, 0.29) is 29.2 Å². The maximum Gasteiger partial charge on any atom is 0.234 e. The van der Waals surface area contributed by atoms with Gasteiger partial charge < -0.3 is 19.7 Å². The molecule has 1 fully saturated rings. The number of sulfone groups is 1. The van der Waals surface area contributed by atoms with Crippen LogP contribution in [0.5, 0.6) is 11.5 Å². The molecule has 4 rings (SSSR count). The van der Waals surface area contributed by atoms with Crippen LogP contribution in [0, 0.1) is 0 Å². The molecule has 32 heavy (non-hydrogen) atoms. The fourth-order valence-electron chi connectivity index (χ4n) is 3.79. The van der Waals surface area contributed by atoms with Gasteiger partial charge >= 0.3 is 0 Å². The molecule has 2 aliphatic rings. The molecule has 0 aliphatic carbocycles. The Labute approximate surface area is 195 Å². The molecule has 2 atom stereocenters. The second-order valence-corrected chi connectivity index (χ2v) is 10.9. The molecule has 1 saturated heterocycles. The largest absolute Gasteiger partial charge is 0.497 e. The van der Waals surface area contributed by atoms with Gasteiger partial charge in [-0.1, -0.05) is 29.4 Å². The minimum Gasteiger partial charge on any atom is -0.497 e. The topological polar surface area (TPSA) is 97.3 Å². The van der Waals surface area contributed by atoms with Gasteiger partial charge in [-0.05, 0) is 30.3 Å². The van der Waals surface area contributed by atoms with Crippen molar-refractivity contribution in [2.45, 2.75) is 12.1 Å². The highest BCUT2D eigenvalue weighted by Crippen LogP contribution is 2.41. The van der Waals surface area contributed by atoms with Gasteiger partial charge in [0.05, 0.1) is 49.2 Å². The summed E-state index contributed by atoms with van der Waals surface area (Å²) in [7, 11) is -0.0969. The molecule has 0 bridgehead atoms. The van der Waals surface area contributed by atoms with E-state index in [0.717, 1.165) is 0 Å². The summed E-state index contributed by atoms with van der Waals surface area (Å²) in [6.07, 6.45) is 0. The number of hydrogen-bond donors (Lipinski definition) is 1. The zero-order valence-electron chi connectivity index (χ0n) is 17.4. The van der Waals surface area contributed by atoms with Crippen molar-refractivity contribution in [3.8, 4) is 11.5 Å². The number of amides is 1. The molecular weight excluding hydrogens is 474 g/mol. The zero-order valence-corrected chi connectivity index (χ0v) is 19.8. The summed E-state index contributed by atoms with van der Waals surface area (Å²) >= 11 is 7.22. The van der Waals surface area contributed by atoms with Crippen molar-refractivity contribution in [1.82, 2.24) is 0 Å². The van der Waals surface area contributed by atoms with Crippen molar-refractivity contribution in [2.24, 2.45) is 4.99 Å². The first-order chi connectivity index (χ1) is 15.3. The van der Waals surface area contributed by atoms with Crippen molar-refractivity contribution < 1.29 is 22.7 Å². The van der Waals surface area contributed by atoms with Crippen LogP contribution >= 0.6 is 23.4 Å². The summed E-state index contributed by atoms with van der Waals surface area (Å²) in [5.41, 5.74) is 1.25. The molecule has 1 amide bonds. The normalized spacial score (nSPS) is 21.1. The van der Waals surface area contributed by atoms with Crippen molar-refractivity contribution in [3.63, 3.8) is 0 Å². The second-order valence-electron chi connectivity index (χ2n) is 7.38. The van der Waals surface area contributed by atoms with Crippen LogP contribution in [-0.2, 0) is 14.6 Å². The van der Waals surface area contributed by atoms with Gasteiger partial charge in [0.1, 0.15) is 11.5 Å². The second kappa shape index (κ2) is 9.21. The fourth-order valence-corrected chi connectivity index (χ4v) is 6.74. The highest BCUT2D eigenvalue weighted by molar-refractivity contribution is 8.14. The molecule has 0 saturated carbocycles. The molecule has 2 unspecified atom stereocenters. The third-order valence-corrected chi connectivity index (χ3v) is 8.09. The minimum absolute atomic E-state index is 0.0136. The van der Waals surface area contributed by atoms with Crippen LogP contribution in [0.2, 0.25) is 5.02 Å². The van der Waals surface area contributed by atoms with Crippen molar-refractivity contribution >= 4 is 55.6 Å². The highest BCUT2D eigenvalue weighted by Gasteiger charge is 2.48. The Kier molecular flexibility index (Phi) is 6.55. The Balaban J connectivity index is 1.58. The first-order valence-corrected chi connectivity index (χ1v) is 13.0. The number of carbonyl (C=O) groups excluding carboxylic acids is 1. The Morgan fingerprint density at radius 1 is 1.22 bits per heavy atom. The lowest BCUT2D eigenvalue weighted by Crippen LogP contribution is -2.39. The van der Waals surface area contributed by atoms with Gasteiger partial charge in [0.2, 0.25) is 5.91 Å². The average molecular weight is 496 g/mol. The Morgan fingerprint density at radius 3 is 2.75 bits per heavy atom. The molecule has 0 spiro atoms. The van der Waals surface area contributed by atoms with Crippen LogP contribution in [0.1, 0.15) is 0 Å². The van der Waals surface area contributed by atoms with Gasteiger partial charge in [-0.2, -0.15) is 0 Å². The lowest BCUT2D eigenvalue weighted by atomic mass is 10.1. The molecule has 2 aliphatic heterocycles. The van der Waals surface area contributed by atoms with Gasteiger partial charge in [-0.25, -0.2) is 8.42 Å². The van der Waals surface area contributed by atoms with Gasteiger partial charge in [0, 0.05) is 16.8 Å². The lowest BCUT2D eigenvalue weighted by Gasteiger charge is -2.28. The van der Waals surface area contributed by atoms with E-state index in [4.69, 9.17) is 21.1 Å². The van der Waals surface area contributed by atoms with Gasteiger partial charge in [0.25, 0.3) is 0 Å². The number of thioether (sulfide) groups is 1. The van der Waals surface area contributed by atoms with Crippen LogP contribution in [0.3, 0.4) is 0 Å². The molecule has 8 nitrogen and oxygen atoms in total. The van der Waals surface area contributed by atoms with E-state index in [1.807, 2.05) is 4.90 Å². The van der Waals surface area contributed by atoms with Crippen LogP contribution in [-0.4, -0.2) is 63.1 Å². The number of nitrogens with one attached hydrogen (secondary N) is 1. The van der Waals surface area contributed by atoms with Crippen molar-refractivity contribution in [3.05, 3.63) is 47.5 Å². The number of hydrogen-bond acceptors (Lipinski definition) is 8. The number of ether oxygens (including phenoxy) is 2. The first kappa shape index (κ1) is 22.8. The number of fused-ring (bicyclic) bond motifs is 1. The number of rotatable bonds is 6. The Morgan fingerprint density at radius 2 is 2.03 bits per heavy atom. The average Bonchev–Trinajstić information content (AvgIpc) is 3.22. The fraction of sp³-hybridized carbons (Fsp3) is 0.333. The van der Waals surface area contributed by atoms with E-state index in [1.54, 1.807) is 56.7 Å². The zero-order chi connectivity index (χ0) is 22.9. The van der Waals surface area contributed by atoms with E-state index in [2.05, 4.69) is 10.3 Å². The maximum absolute atomic E-state index is 12.5. The Hall–Kier alpha value is -2.43. The summed E-state index contributed by atoms with van der Waals surface area (Å²) in [4.78, 5) is 19.0. The van der Waals surface area contributed by atoms with Crippen LogP contribution in [0.25, 0.3) is 0 Å². The number of halogens is 1. The van der Waals surface area contributed by atoms with Crippen LogP contribution in [0.4, 0.5) is 11.4 Å². The van der Waals surface area contributed by atoms with E-state index in [1.165, 1.54) is 11.8 Å². The van der Waals surface area contributed by atoms with Gasteiger partial charge in [-0.3, -0.25) is 9.79 Å². The third kappa shape index (κ3) is 4.82.